The Morgan fingerprint density at radius 3 is 3.08 bits per heavy atom. The zero-order chi connectivity index (χ0) is 17.6. The molecule has 0 fully saturated rings. The Labute approximate surface area is 150 Å². The summed E-state index contributed by atoms with van der Waals surface area (Å²) < 4.78 is 5.18. The maximum absolute atomic E-state index is 12.3. The smallest absolute Gasteiger partial charge is 0.271 e. The molecule has 0 spiro atoms. The number of H-pyrrole nitrogens is 1. The summed E-state index contributed by atoms with van der Waals surface area (Å²) in [5, 5.41) is 6.52. The molecule has 1 aliphatic heterocycles. The number of aromatic amines is 1. The van der Waals surface area contributed by atoms with Crippen molar-refractivity contribution in [2.45, 2.75) is 6.54 Å². The summed E-state index contributed by atoms with van der Waals surface area (Å²) in [5.74, 6) is 1.35. The predicted octanol–water partition coefficient (Wildman–Crippen LogP) is 1.77. The number of rotatable bonds is 4. The molecule has 0 radical (unpaired) electrons. The van der Waals surface area contributed by atoms with Crippen molar-refractivity contribution in [3.8, 4) is 5.75 Å². The number of carbonyl (C=O) groups is 1. The topological polar surface area (TPSA) is 90.2 Å². The van der Waals surface area contributed by atoms with Crippen molar-refractivity contribution >= 4 is 35.1 Å². The fourth-order valence-corrected chi connectivity index (χ4v) is 2.59. The summed E-state index contributed by atoms with van der Waals surface area (Å²) in [7, 11) is 1.62. The first-order chi connectivity index (χ1) is 12.2. The largest absolute Gasteiger partial charge is 0.497 e. The number of hydrogen-bond donors (Lipinski definition) is 5. The van der Waals surface area contributed by atoms with Crippen LogP contribution >= 0.6 is 12.2 Å². The molecule has 5 N–H and O–H groups in total. The van der Waals surface area contributed by atoms with Crippen molar-refractivity contribution in [2.24, 2.45) is 0 Å². The molecule has 0 unspecified atom stereocenters. The van der Waals surface area contributed by atoms with Crippen LogP contribution in [-0.2, 0) is 6.54 Å². The Bertz CT molecular complexity index is 815. The van der Waals surface area contributed by atoms with Crippen molar-refractivity contribution < 1.29 is 9.53 Å². The van der Waals surface area contributed by atoms with Gasteiger partial charge in [-0.3, -0.25) is 15.6 Å². The molecule has 0 aliphatic carbocycles. The van der Waals surface area contributed by atoms with Crippen molar-refractivity contribution in [1.29, 1.82) is 0 Å². The van der Waals surface area contributed by atoms with Crippen LogP contribution in [0.15, 0.2) is 36.5 Å². The normalized spacial score (nSPS) is 11.9. The first-order valence-electron chi connectivity index (χ1n) is 7.76. The van der Waals surface area contributed by atoms with Crippen LogP contribution in [-0.4, -0.2) is 29.7 Å². The minimum absolute atomic E-state index is 0.267. The summed E-state index contributed by atoms with van der Waals surface area (Å²) in [6.45, 7) is 1.26. The lowest BCUT2D eigenvalue weighted by Crippen LogP contribution is -2.46. The lowest BCUT2D eigenvalue weighted by molar-refractivity contribution is 0.0943. The Morgan fingerprint density at radius 1 is 1.36 bits per heavy atom. The molecule has 1 amide bonds. The molecular weight excluding hydrogens is 338 g/mol. The number of aromatic nitrogens is 1. The maximum Gasteiger partial charge on any atom is 0.271 e. The number of hydrazine groups is 1. The van der Waals surface area contributed by atoms with Gasteiger partial charge in [-0.05, 0) is 29.9 Å². The van der Waals surface area contributed by atoms with Gasteiger partial charge >= 0.3 is 0 Å². The maximum atomic E-state index is 12.3. The molecule has 0 atom stereocenters. The van der Waals surface area contributed by atoms with Gasteiger partial charge in [0, 0.05) is 24.8 Å². The number of ether oxygens (including phenoxy) is 1. The second kappa shape index (κ2) is 7.71. The van der Waals surface area contributed by atoms with Gasteiger partial charge in [-0.15, -0.1) is 0 Å². The van der Waals surface area contributed by atoms with Crippen molar-refractivity contribution in [3.63, 3.8) is 0 Å². The second-order valence-corrected chi connectivity index (χ2v) is 5.80. The van der Waals surface area contributed by atoms with Gasteiger partial charge in [0.1, 0.15) is 11.6 Å². The molecule has 3 rings (SSSR count). The van der Waals surface area contributed by atoms with E-state index in [1.165, 1.54) is 0 Å². The summed E-state index contributed by atoms with van der Waals surface area (Å²) in [6.07, 6.45) is 5.54. The summed E-state index contributed by atoms with van der Waals surface area (Å²) in [5.41, 5.74) is 7.70. The minimum atomic E-state index is -0.267. The van der Waals surface area contributed by atoms with Crippen molar-refractivity contribution in [2.75, 3.05) is 19.0 Å². The van der Waals surface area contributed by atoms with Crippen molar-refractivity contribution in [1.82, 2.24) is 21.2 Å². The lowest BCUT2D eigenvalue weighted by atomic mass is 10.1. The van der Waals surface area contributed by atoms with Gasteiger partial charge < -0.3 is 20.4 Å². The quantitative estimate of drug-likeness (QED) is 0.423. The van der Waals surface area contributed by atoms with E-state index in [1.54, 1.807) is 13.3 Å². The van der Waals surface area contributed by atoms with Gasteiger partial charge in [-0.2, -0.15) is 0 Å². The third-order valence-electron chi connectivity index (χ3n) is 3.72. The van der Waals surface area contributed by atoms with E-state index in [4.69, 9.17) is 17.0 Å². The van der Waals surface area contributed by atoms with E-state index in [-0.39, 0.29) is 5.91 Å². The highest BCUT2D eigenvalue weighted by Gasteiger charge is 2.17. The van der Waals surface area contributed by atoms with Gasteiger partial charge in [0.15, 0.2) is 5.11 Å². The fourth-order valence-electron chi connectivity index (χ4n) is 2.47. The van der Waals surface area contributed by atoms with E-state index in [0.717, 1.165) is 29.2 Å². The monoisotopic (exact) mass is 357 g/mol. The minimum Gasteiger partial charge on any atom is -0.497 e. The second-order valence-electron chi connectivity index (χ2n) is 5.39. The lowest BCUT2D eigenvalue weighted by Gasteiger charge is -2.13. The van der Waals surface area contributed by atoms with Gasteiger partial charge in [0.2, 0.25) is 0 Å². The molecule has 0 bridgehead atoms. The van der Waals surface area contributed by atoms with Gasteiger partial charge in [-0.1, -0.05) is 24.3 Å². The molecule has 130 valence electrons. The van der Waals surface area contributed by atoms with Crippen LogP contribution in [0.1, 0.15) is 21.5 Å². The third kappa shape index (κ3) is 4.10. The van der Waals surface area contributed by atoms with Crippen molar-refractivity contribution in [3.05, 3.63) is 53.2 Å². The standard InChI is InChI=1S/C17H19N5O2S/c1-24-12-5-2-4-11(8-12)9-20-17(25)22-21-16(23)14-10-19-15-13(14)6-3-7-18-15/h2-6,8,10,18-19H,7,9H2,1H3,(H,21,23)(H2,20,22,25). The van der Waals surface area contributed by atoms with Gasteiger partial charge in [-0.25, -0.2) is 0 Å². The van der Waals surface area contributed by atoms with Crippen LogP contribution in [0.2, 0.25) is 0 Å². The number of carbonyl (C=O) groups excluding carboxylic acids is 1. The van der Waals surface area contributed by atoms with Crippen LogP contribution < -0.4 is 26.2 Å². The Kier molecular flexibility index (Phi) is 5.20. The number of thiocarbonyl (C=S) groups is 1. The van der Waals surface area contributed by atoms with E-state index in [1.807, 2.05) is 36.4 Å². The Hall–Kier alpha value is -3.00. The van der Waals surface area contributed by atoms with Crippen LogP contribution in [0.5, 0.6) is 5.75 Å². The zero-order valence-corrected chi connectivity index (χ0v) is 14.5. The summed E-state index contributed by atoms with van der Waals surface area (Å²) in [4.78, 5) is 15.3. The number of fused-ring (bicyclic) bond motifs is 1. The summed E-state index contributed by atoms with van der Waals surface area (Å²) in [6, 6.07) is 7.66. The van der Waals surface area contributed by atoms with Crippen LogP contribution in [0, 0.1) is 0 Å². The SMILES string of the molecule is COc1cccc(CNC(=S)NNC(=O)c2c[nH]c3c2C=CCN3)c1. The average Bonchev–Trinajstić information content (AvgIpc) is 3.09. The molecule has 0 saturated heterocycles. The molecule has 1 aromatic heterocycles. The van der Waals surface area contributed by atoms with E-state index >= 15 is 0 Å². The molecule has 25 heavy (non-hydrogen) atoms. The molecule has 2 heterocycles. The number of nitrogens with one attached hydrogen (secondary N) is 5. The van der Waals surface area contributed by atoms with Crippen LogP contribution in [0.3, 0.4) is 0 Å². The number of amides is 1. The number of methoxy groups -OCH3 is 1. The molecule has 2 aromatic rings. The average molecular weight is 357 g/mol. The van der Waals surface area contributed by atoms with E-state index in [9.17, 15) is 4.79 Å². The van der Waals surface area contributed by atoms with E-state index < -0.39 is 0 Å². The zero-order valence-electron chi connectivity index (χ0n) is 13.7. The fraction of sp³-hybridized carbons (Fsp3) is 0.176. The number of hydrogen-bond acceptors (Lipinski definition) is 4. The molecule has 7 nitrogen and oxygen atoms in total. The Balaban J connectivity index is 1.50. The number of benzene rings is 1. The highest BCUT2D eigenvalue weighted by molar-refractivity contribution is 7.80. The Morgan fingerprint density at radius 2 is 2.24 bits per heavy atom. The van der Waals surface area contributed by atoms with E-state index in [0.29, 0.717) is 17.2 Å². The molecule has 1 aliphatic rings. The summed E-state index contributed by atoms with van der Waals surface area (Å²) >= 11 is 5.18. The predicted molar refractivity (Wildman–Crippen MR) is 101 cm³/mol. The van der Waals surface area contributed by atoms with E-state index in [2.05, 4.69) is 26.5 Å². The first kappa shape index (κ1) is 16.8. The first-order valence-corrected chi connectivity index (χ1v) is 8.17. The molecule has 0 saturated carbocycles. The highest BCUT2D eigenvalue weighted by atomic mass is 32.1. The molecule has 8 heteroatoms. The van der Waals surface area contributed by atoms with Gasteiger partial charge in [0.25, 0.3) is 5.91 Å². The number of anilines is 1. The molecule has 1 aromatic carbocycles. The highest BCUT2D eigenvalue weighted by Crippen LogP contribution is 2.23. The molecular formula is C17H19N5O2S. The van der Waals surface area contributed by atoms with Crippen LogP contribution in [0.25, 0.3) is 6.08 Å². The van der Waals surface area contributed by atoms with Crippen LogP contribution in [0.4, 0.5) is 5.82 Å². The van der Waals surface area contributed by atoms with Gasteiger partial charge in [0.05, 0.1) is 12.7 Å². The third-order valence-corrected chi connectivity index (χ3v) is 3.97.